The highest BCUT2D eigenvalue weighted by Gasteiger charge is 2.20. The van der Waals surface area contributed by atoms with E-state index >= 15 is 0 Å². The lowest BCUT2D eigenvalue weighted by Gasteiger charge is -2.20. The number of hydrogen-bond acceptors (Lipinski definition) is 5. The second-order valence-electron chi connectivity index (χ2n) is 5.49. The smallest absolute Gasteiger partial charge is 0.412 e. The maximum atomic E-state index is 12.1. The minimum Gasteiger partial charge on any atom is -0.469 e. The monoisotopic (exact) mass is 327 g/mol. The van der Waals surface area contributed by atoms with Crippen LogP contribution in [0.3, 0.4) is 0 Å². The van der Waals surface area contributed by atoms with Gasteiger partial charge >= 0.3 is 12.1 Å². The largest absolute Gasteiger partial charge is 0.469 e. The van der Waals surface area contributed by atoms with Crippen molar-refractivity contribution >= 4 is 35.1 Å². The summed E-state index contributed by atoms with van der Waals surface area (Å²) in [6.45, 7) is 5.16. The molecular formula is C15H18ClNO5. The molecule has 0 unspecified atom stereocenters. The van der Waals surface area contributed by atoms with Crippen LogP contribution < -0.4 is 5.32 Å². The van der Waals surface area contributed by atoms with Crippen molar-refractivity contribution in [2.45, 2.75) is 32.8 Å². The second kappa shape index (κ2) is 7.26. The number of hydrogen-bond donors (Lipinski definition) is 1. The molecule has 0 spiro atoms. The minimum atomic E-state index is -0.707. The fourth-order valence-corrected chi connectivity index (χ4v) is 1.74. The van der Waals surface area contributed by atoms with Crippen LogP contribution in [0.4, 0.5) is 10.5 Å². The summed E-state index contributed by atoms with van der Waals surface area (Å²) in [5, 5.41) is 2.78. The molecule has 22 heavy (non-hydrogen) atoms. The predicted molar refractivity (Wildman–Crippen MR) is 82.3 cm³/mol. The summed E-state index contributed by atoms with van der Waals surface area (Å²) in [7, 11) is 1.19. The summed E-state index contributed by atoms with van der Waals surface area (Å²) in [6, 6.07) is 4.36. The quantitative estimate of drug-likeness (QED) is 0.520. The standard InChI is InChI=1S/C15H18ClNO5/c1-15(2,3)22-14(20)17-11-6-5-9(16)7-10(11)12(18)8-13(19)21-4/h5-7H,8H2,1-4H3,(H,17,20). The van der Waals surface area contributed by atoms with Gasteiger partial charge in [0.15, 0.2) is 5.78 Å². The molecule has 1 amide bonds. The molecule has 0 bridgehead atoms. The van der Waals surface area contributed by atoms with Crippen LogP contribution in [0, 0.1) is 0 Å². The van der Waals surface area contributed by atoms with E-state index in [1.807, 2.05) is 0 Å². The van der Waals surface area contributed by atoms with E-state index in [0.717, 1.165) is 0 Å². The van der Waals surface area contributed by atoms with Crippen LogP contribution in [-0.2, 0) is 14.3 Å². The first kappa shape index (κ1) is 18.0. The van der Waals surface area contributed by atoms with Gasteiger partial charge in [-0.1, -0.05) is 11.6 Å². The number of nitrogens with one attached hydrogen (secondary N) is 1. The summed E-state index contributed by atoms with van der Waals surface area (Å²) in [5.74, 6) is -1.19. The summed E-state index contributed by atoms with van der Waals surface area (Å²) in [4.78, 5) is 35.1. The van der Waals surface area contributed by atoms with E-state index in [1.54, 1.807) is 20.8 Å². The van der Waals surface area contributed by atoms with Crippen LogP contribution >= 0.6 is 11.6 Å². The molecule has 1 N–H and O–H groups in total. The third-order valence-corrected chi connectivity index (χ3v) is 2.69. The number of benzene rings is 1. The molecule has 7 heteroatoms. The Morgan fingerprint density at radius 2 is 1.86 bits per heavy atom. The van der Waals surface area contributed by atoms with Gasteiger partial charge in [0.1, 0.15) is 12.0 Å². The minimum absolute atomic E-state index is 0.115. The van der Waals surface area contributed by atoms with E-state index in [1.165, 1.54) is 25.3 Å². The molecule has 1 rings (SSSR count). The molecule has 0 heterocycles. The molecule has 0 saturated carbocycles. The van der Waals surface area contributed by atoms with Gasteiger partial charge in [-0.3, -0.25) is 14.9 Å². The van der Waals surface area contributed by atoms with Gasteiger partial charge < -0.3 is 9.47 Å². The van der Waals surface area contributed by atoms with Crippen molar-refractivity contribution < 1.29 is 23.9 Å². The Labute approximate surface area is 133 Å². The number of ether oxygens (including phenoxy) is 2. The van der Waals surface area contributed by atoms with Crippen molar-refractivity contribution in [3.8, 4) is 0 Å². The highest BCUT2D eigenvalue weighted by Crippen LogP contribution is 2.23. The highest BCUT2D eigenvalue weighted by atomic mass is 35.5. The van der Waals surface area contributed by atoms with E-state index in [0.29, 0.717) is 5.02 Å². The van der Waals surface area contributed by atoms with Crippen LogP contribution in [0.1, 0.15) is 37.6 Å². The number of rotatable bonds is 4. The summed E-state index contributed by atoms with van der Waals surface area (Å²) in [6.07, 6.45) is -1.15. The number of esters is 1. The molecule has 1 aromatic rings. The molecule has 0 atom stereocenters. The Hall–Kier alpha value is -2.08. The zero-order valence-electron chi connectivity index (χ0n) is 12.9. The van der Waals surface area contributed by atoms with Crippen molar-refractivity contribution in [1.82, 2.24) is 0 Å². The number of ketones is 1. The number of anilines is 1. The third-order valence-electron chi connectivity index (χ3n) is 2.45. The number of carbonyl (C=O) groups excluding carboxylic acids is 3. The predicted octanol–water partition coefficient (Wildman–Crippen LogP) is 3.43. The average molecular weight is 328 g/mol. The van der Waals surface area contributed by atoms with Gasteiger partial charge in [0.25, 0.3) is 0 Å². The topological polar surface area (TPSA) is 81.7 Å². The lowest BCUT2D eigenvalue weighted by molar-refractivity contribution is -0.139. The van der Waals surface area contributed by atoms with Gasteiger partial charge in [0.05, 0.1) is 12.8 Å². The number of Topliss-reactive ketones (excluding diaryl/α,β-unsaturated/α-hetero) is 1. The molecular weight excluding hydrogens is 310 g/mol. The van der Waals surface area contributed by atoms with E-state index in [-0.39, 0.29) is 11.3 Å². The van der Waals surface area contributed by atoms with Gasteiger partial charge in [-0.05, 0) is 39.0 Å². The van der Waals surface area contributed by atoms with E-state index < -0.39 is 29.9 Å². The molecule has 0 aliphatic rings. The lowest BCUT2D eigenvalue weighted by atomic mass is 10.1. The van der Waals surface area contributed by atoms with Gasteiger partial charge in [-0.2, -0.15) is 0 Å². The fraction of sp³-hybridized carbons (Fsp3) is 0.400. The molecule has 120 valence electrons. The molecule has 0 aliphatic carbocycles. The molecule has 0 aromatic heterocycles. The van der Waals surface area contributed by atoms with Crippen LogP contribution in [0.5, 0.6) is 0 Å². The molecule has 0 aliphatic heterocycles. The maximum Gasteiger partial charge on any atom is 0.412 e. The first-order valence-corrected chi connectivity index (χ1v) is 6.90. The Morgan fingerprint density at radius 1 is 1.23 bits per heavy atom. The van der Waals surface area contributed by atoms with Crippen molar-refractivity contribution in [2.24, 2.45) is 0 Å². The van der Waals surface area contributed by atoms with Crippen molar-refractivity contribution in [2.75, 3.05) is 12.4 Å². The molecule has 0 fully saturated rings. The molecule has 6 nitrogen and oxygen atoms in total. The normalized spacial score (nSPS) is 10.8. The van der Waals surface area contributed by atoms with E-state index in [2.05, 4.69) is 10.1 Å². The SMILES string of the molecule is COC(=O)CC(=O)c1cc(Cl)ccc1NC(=O)OC(C)(C)C. The Morgan fingerprint density at radius 3 is 2.41 bits per heavy atom. The van der Waals surface area contributed by atoms with Gasteiger partial charge in [-0.25, -0.2) is 4.79 Å². The third kappa shape index (κ3) is 5.73. The number of carbonyl (C=O) groups is 3. The fourth-order valence-electron chi connectivity index (χ4n) is 1.57. The van der Waals surface area contributed by atoms with Crippen LogP contribution in [-0.4, -0.2) is 30.6 Å². The lowest BCUT2D eigenvalue weighted by Crippen LogP contribution is -2.27. The van der Waals surface area contributed by atoms with Crippen molar-refractivity contribution in [3.05, 3.63) is 28.8 Å². The van der Waals surface area contributed by atoms with E-state index in [9.17, 15) is 14.4 Å². The number of amides is 1. The van der Waals surface area contributed by atoms with Gasteiger partial charge in [0.2, 0.25) is 0 Å². The summed E-state index contributed by atoms with van der Waals surface area (Å²) in [5.41, 5.74) is -0.344. The Kier molecular flexibility index (Phi) is 5.93. The van der Waals surface area contributed by atoms with Gasteiger partial charge in [0, 0.05) is 10.6 Å². The van der Waals surface area contributed by atoms with E-state index in [4.69, 9.17) is 16.3 Å². The average Bonchev–Trinajstić information content (AvgIpc) is 2.38. The van der Waals surface area contributed by atoms with Crippen LogP contribution in [0.25, 0.3) is 0 Å². The Balaban J connectivity index is 2.98. The Bertz CT molecular complexity index is 592. The van der Waals surface area contributed by atoms with Gasteiger partial charge in [-0.15, -0.1) is 0 Å². The summed E-state index contributed by atoms with van der Waals surface area (Å²) >= 11 is 5.86. The van der Waals surface area contributed by atoms with Crippen molar-refractivity contribution in [3.63, 3.8) is 0 Å². The van der Waals surface area contributed by atoms with Crippen LogP contribution in [0.2, 0.25) is 5.02 Å². The second-order valence-corrected chi connectivity index (χ2v) is 5.93. The highest BCUT2D eigenvalue weighted by molar-refractivity contribution is 6.31. The molecule has 1 aromatic carbocycles. The first-order valence-electron chi connectivity index (χ1n) is 6.52. The molecule has 0 saturated heterocycles. The zero-order valence-corrected chi connectivity index (χ0v) is 13.6. The molecule has 0 radical (unpaired) electrons. The number of halogens is 1. The van der Waals surface area contributed by atoms with Crippen LogP contribution in [0.15, 0.2) is 18.2 Å². The zero-order chi connectivity index (χ0) is 16.9. The number of methoxy groups -OCH3 is 1. The summed E-state index contributed by atoms with van der Waals surface area (Å²) < 4.78 is 9.58. The first-order chi connectivity index (χ1) is 10.1. The maximum absolute atomic E-state index is 12.1. The van der Waals surface area contributed by atoms with Crippen molar-refractivity contribution in [1.29, 1.82) is 0 Å².